The Hall–Kier alpha value is -2.22. The van der Waals surface area contributed by atoms with Crippen molar-refractivity contribution in [3.63, 3.8) is 0 Å². The number of hydrogen-bond acceptors (Lipinski definition) is 5. The lowest BCUT2D eigenvalue weighted by atomic mass is 9.96. The smallest absolute Gasteiger partial charge is 0.339 e. The Labute approximate surface area is 141 Å². The van der Waals surface area contributed by atoms with Crippen molar-refractivity contribution >= 4 is 29.2 Å². The average molecular weight is 350 g/mol. The summed E-state index contributed by atoms with van der Waals surface area (Å²) in [4.78, 5) is 16.7. The van der Waals surface area contributed by atoms with Crippen molar-refractivity contribution in [1.82, 2.24) is 0 Å². The van der Waals surface area contributed by atoms with E-state index in [1.165, 1.54) is 43.5 Å². The van der Waals surface area contributed by atoms with E-state index in [1.54, 1.807) is 6.07 Å². The van der Waals surface area contributed by atoms with Crippen LogP contribution in [0.4, 0.5) is 8.78 Å². The van der Waals surface area contributed by atoms with Gasteiger partial charge in [0.05, 0.1) is 29.6 Å². The zero-order chi connectivity index (χ0) is 17.1. The molecule has 0 fully saturated rings. The highest BCUT2D eigenvalue weighted by Crippen LogP contribution is 2.34. The third kappa shape index (κ3) is 3.33. The first-order valence-corrected chi connectivity index (χ1v) is 7.68. The van der Waals surface area contributed by atoms with Crippen LogP contribution in [0.15, 0.2) is 47.4 Å². The van der Waals surface area contributed by atoms with Crippen molar-refractivity contribution in [3.8, 4) is 0 Å². The third-order valence-electron chi connectivity index (χ3n) is 3.46. The summed E-state index contributed by atoms with van der Waals surface area (Å²) in [6, 6.07) is 9.97. The second-order valence-electron chi connectivity index (χ2n) is 4.90. The van der Waals surface area contributed by atoms with Crippen LogP contribution in [0.5, 0.6) is 0 Å². The van der Waals surface area contributed by atoms with Gasteiger partial charge in [0.2, 0.25) is 0 Å². The summed E-state index contributed by atoms with van der Waals surface area (Å²) < 4.78 is 36.9. The highest BCUT2D eigenvalue weighted by atomic mass is 32.2. The Morgan fingerprint density at radius 3 is 2.46 bits per heavy atom. The highest BCUT2D eigenvalue weighted by Gasteiger charge is 2.27. The molecule has 3 rings (SSSR count). The Bertz CT molecular complexity index is 803. The molecule has 124 valence electrons. The van der Waals surface area contributed by atoms with Crippen LogP contribution in [0.3, 0.4) is 0 Å². The van der Waals surface area contributed by atoms with Gasteiger partial charge in [-0.25, -0.2) is 18.5 Å². The number of benzene rings is 2. The molecule has 0 aromatic heterocycles. The van der Waals surface area contributed by atoms with E-state index >= 15 is 0 Å². The summed E-state index contributed by atoms with van der Waals surface area (Å²) >= 11 is 0.744. The molecule has 0 bridgehead atoms. The standard InChI is InChI=1S/C17H12F2O4S/c1-21-23-24-15-7-4-11(8-14(15)19)13-9-22-17(20)16(13)10-2-5-12(18)6-3-10/h2-8H,9H2,1H3. The summed E-state index contributed by atoms with van der Waals surface area (Å²) in [6.07, 6.45) is 0. The molecule has 0 atom stereocenters. The van der Waals surface area contributed by atoms with E-state index in [1.807, 2.05) is 0 Å². The lowest BCUT2D eigenvalue weighted by Crippen LogP contribution is -1.98. The van der Waals surface area contributed by atoms with Crippen LogP contribution in [0, 0.1) is 11.6 Å². The molecule has 0 spiro atoms. The molecular weight excluding hydrogens is 338 g/mol. The van der Waals surface area contributed by atoms with Gasteiger partial charge in [0.1, 0.15) is 18.2 Å². The van der Waals surface area contributed by atoms with Gasteiger partial charge in [-0.05, 0) is 35.4 Å². The second-order valence-corrected chi connectivity index (χ2v) is 5.64. The first kappa shape index (κ1) is 16.6. The maximum Gasteiger partial charge on any atom is 0.339 e. The molecule has 0 N–H and O–H groups in total. The number of hydrogen-bond donors (Lipinski definition) is 0. The van der Waals surface area contributed by atoms with Crippen molar-refractivity contribution in [1.29, 1.82) is 0 Å². The number of cyclic esters (lactones) is 1. The van der Waals surface area contributed by atoms with Crippen LogP contribution in [-0.2, 0) is 18.8 Å². The minimum atomic E-state index is -0.516. The minimum absolute atomic E-state index is 0.0338. The van der Waals surface area contributed by atoms with Crippen molar-refractivity contribution < 1.29 is 27.5 Å². The molecule has 2 aromatic rings. The summed E-state index contributed by atoms with van der Waals surface area (Å²) in [5.74, 6) is -1.43. The summed E-state index contributed by atoms with van der Waals surface area (Å²) in [6.45, 7) is 0.0338. The maximum atomic E-state index is 14.2. The van der Waals surface area contributed by atoms with Gasteiger partial charge in [0.15, 0.2) is 0 Å². The Morgan fingerprint density at radius 1 is 1.08 bits per heavy atom. The average Bonchev–Trinajstić information content (AvgIpc) is 2.96. The molecule has 0 saturated carbocycles. The number of carbonyl (C=O) groups is 1. The van der Waals surface area contributed by atoms with E-state index in [-0.39, 0.29) is 11.5 Å². The van der Waals surface area contributed by atoms with Crippen molar-refractivity contribution in [2.75, 3.05) is 13.7 Å². The van der Waals surface area contributed by atoms with E-state index in [0.717, 1.165) is 12.0 Å². The van der Waals surface area contributed by atoms with Gasteiger partial charge < -0.3 is 4.74 Å². The summed E-state index contributed by atoms with van der Waals surface area (Å²) in [7, 11) is 1.32. The van der Waals surface area contributed by atoms with E-state index < -0.39 is 17.6 Å². The van der Waals surface area contributed by atoms with Gasteiger partial charge in [-0.1, -0.05) is 18.2 Å². The van der Waals surface area contributed by atoms with Gasteiger partial charge in [-0.3, -0.25) is 0 Å². The normalized spacial score (nSPS) is 14.2. The molecule has 1 aliphatic heterocycles. The molecule has 0 amide bonds. The minimum Gasteiger partial charge on any atom is -0.457 e. The predicted octanol–water partition coefficient (Wildman–Crippen LogP) is 4.02. The molecule has 1 heterocycles. The molecule has 0 saturated heterocycles. The molecular formula is C17H12F2O4S. The number of esters is 1. The SMILES string of the molecule is COOSc1ccc(C2=C(c3ccc(F)cc3)C(=O)OC2)cc1F. The number of carbonyl (C=O) groups excluding carboxylic acids is 1. The van der Waals surface area contributed by atoms with E-state index in [9.17, 15) is 13.6 Å². The van der Waals surface area contributed by atoms with Gasteiger partial charge in [-0.15, -0.1) is 0 Å². The lowest BCUT2D eigenvalue weighted by molar-refractivity contribution is -0.160. The lowest BCUT2D eigenvalue weighted by Gasteiger charge is -2.07. The van der Waals surface area contributed by atoms with Crippen molar-refractivity contribution in [2.24, 2.45) is 0 Å². The van der Waals surface area contributed by atoms with Crippen molar-refractivity contribution in [3.05, 3.63) is 65.2 Å². The maximum absolute atomic E-state index is 14.2. The number of halogens is 2. The van der Waals surface area contributed by atoms with Crippen LogP contribution in [0.25, 0.3) is 11.1 Å². The summed E-state index contributed by atoms with van der Waals surface area (Å²) in [5, 5.41) is 0. The fourth-order valence-electron chi connectivity index (χ4n) is 2.37. The molecule has 4 nitrogen and oxygen atoms in total. The van der Waals surface area contributed by atoms with Gasteiger partial charge in [-0.2, -0.15) is 4.33 Å². The van der Waals surface area contributed by atoms with Crippen molar-refractivity contribution in [2.45, 2.75) is 4.90 Å². The number of ether oxygens (including phenoxy) is 1. The third-order valence-corrected chi connectivity index (χ3v) is 4.17. The first-order chi connectivity index (χ1) is 11.6. The van der Waals surface area contributed by atoms with Crippen LogP contribution in [-0.4, -0.2) is 19.7 Å². The van der Waals surface area contributed by atoms with E-state index in [4.69, 9.17) is 4.74 Å². The largest absolute Gasteiger partial charge is 0.457 e. The zero-order valence-corrected chi connectivity index (χ0v) is 13.4. The van der Waals surface area contributed by atoms with Gasteiger partial charge in [0.25, 0.3) is 0 Å². The summed E-state index contributed by atoms with van der Waals surface area (Å²) in [5.41, 5.74) is 1.90. The predicted molar refractivity (Wildman–Crippen MR) is 84.5 cm³/mol. The Morgan fingerprint density at radius 2 is 1.79 bits per heavy atom. The highest BCUT2D eigenvalue weighted by molar-refractivity contribution is 7.94. The Kier molecular flexibility index (Phi) is 4.94. The molecule has 0 unspecified atom stereocenters. The van der Waals surface area contributed by atoms with E-state index in [2.05, 4.69) is 9.22 Å². The van der Waals surface area contributed by atoms with Gasteiger partial charge in [0, 0.05) is 5.57 Å². The molecule has 0 radical (unpaired) electrons. The quantitative estimate of drug-likeness (QED) is 0.353. The molecule has 1 aliphatic rings. The Balaban J connectivity index is 2.01. The first-order valence-electron chi connectivity index (χ1n) is 6.93. The van der Waals surface area contributed by atoms with E-state index in [0.29, 0.717) is 22.3 Å². The molecule has 7 heteroatoms. The van der Waals surface area contributed by atoms with Crippen LogP contribution < -0.4 is 0 Å². The fraction of sp³-hybridized carbons (Fsp3) is 0.118. The van der Waals surface area contributed by atoms with Gasteiger partial charge >= 0.3 is 5.97 Å². The van der Waals surface area contributed by atoms with Crippen LogP contribution >= 0.6 is 12.0 Å². The second kappa shape index (κ2) is 7.12. The fourth-order valence-corrected chi connectivity index (χ4v) is 2.77. The molecule has 24 heavy (non-hydrogen) atoms. The number of rotatable bonds is 5. The molecule has 2 aromatic carbocycles. The monoisotopic (exact) mass is 350 g/mol. The topological polar surface area (TPSA) is 44.8 Å². The molecule has 0 aliphatic carbocycles. The zero-order valence-electron chi connectivity index (χ0n) is 12.5. The van der Waals surface area contributed by atoms with Crippen LogP contribution in [0.1, 0.15) is 11.1 Å². The van der Waals surface area contributed by atoms with Crippen LogP contribution in [0.2, 0.25) is 0 Å².